The van der Waals surface area contributed by atoms with E-state index in [1.165, 1.54) is 93.2 Å². The third kappa shape index (κ3) is 11.9. The van der Waals surface area contributed by atoms with E-state index < -0.39 is 0 Å². The third-order valence-corrected chi connectivity index (χ3v) is 20.8. The zero-order chi connectivity index (χ0) is 49.0. The van der Waals surface area contributed by atoms with Gasteiger partial charge in [-0.15, -0.1) is 26.3 Å². The van der Waals surface area contributed by atoms with Gasteiger partial charge in [0.05, 0.1) is 0 Å². The molecule has 0 radical (unpaired) electrons. The number of rotatable bonds is 26. The van der Waals surface area contributed by atoms with E-state index in [2.05, 4.69) is 113 Å². The van der Waals surface area contributed by atoms with Gasteiger partial charge < -0.3 is 18.9 Å². The number of hydrogen-bond donors (Lipinski definition) is 0. The molecule has 4 saturated heterocycles. The summed E-state index contributed by atoms with van der Waals surface area (Å²) in [6.07, 6.45) is 20.5. The third-order valence-electron chi connectivity index (χ3n) is 17.0. The van der Waals surface area contributed by atoms with E-state index in [4.69, 9.17) is 18.9 Å². The first-order valence-electron chi connectivity index (χ1n) is 26.6. The molecule has 0 aromatic heterocycles. The van der Waals surface area contributed by atoms with Gasteiger partial charge in [-0.05, 0) is 163 Å². The molecular weight excluding hydrogens is 949 g/mol. The lowest BCUT2D eigenvalue weighted by atomic mass is 9.53. The predicted octanol–water partition coefficient (Wildman–Crippen LogP) is 15.3. The fourth-order valence-electron chi connectivity index (χ4n) is 12.3. The van der Waals surface area contributed by atoms with Crippen molar-refractivity contribution in [1.29, 1.82) is 0 Å². The van der Waals surface area contributed by atoms with Crippen LogP contribution >= 0.6 is 47.0 Å². The molecule has 4 unspecified atom stereocenters. The van der Waals surface area contributed by atoms with Crippen LogP contribution in [0.25, 0.3) is 0 Å². The number of benzene rings is 4. The molecule has 4 atom stereocenters. The van der Waals surface area contributed by atoms with Crippen LogP contribution in [0.15, 0.2) is 123 Å². The van der Waals surface area contributed by atoms with Crippen molar-refractivity contribution in [1.82, 2.24) is 0 Å². The van der Waals surface area contributed by atoms with Crippen LogP contribution in [0, 0.1) is 17.3 Å². The summed E-state index contributed by atoms with van der Waals surface area (Å²) in [6, 6.07) is 28.6. The zero-order valence-electron chi connectivity index (χ0n) is 42.4. The minimum Gasteiger partial charge on any atom is -0.492 e. The molecule has 10 rings (SSSR count). The molecular formula is C63H76O4S4. The predicted molar refractivity (Wildman–Crippen MR) is 308 cm³/mol. The number of allylic oxidation sites excluding steroid dienone is 4. The summed E-state index contributed by atoms with van der Waals surface area (Å²) in [5.74, 6) is 10.1. The quantitative estimate of drug-likeness (QED) is 0.0455. The second-order valence-electron chi connectivity index (χ2n) is 21.9. The highest BCUT2D eigenvalue weighted by molar-refractivity contribution is 8.07. The van der Waals surface area contributed by atoms with Gasteiger partial charge in [0.2, 0.25) is 0 Å². The Labute approximate surface area is 443 Å². The molecule has 376 valence electrons. The van der Waals surface area contributed by atoms with E-state index in [1.807, 2.05) is 71.4 Å². The van der Waals surface area contributed by atoms with E-state index in [1.54, 1.807) is 0 Å². The van der Waals surface area contributed by atoms with Crippen molar-refractivity contribution < 1.29 is 18.9 Å². The minimum atomic E-state index is -0.122. The van der Waals surface area contributed by atoms with Crippen LogP contribution < -0.4 is 18.9 Å². The standard InChI is InChI=1S/C63H76O4S4/c1-7-11-43-31-49(15-19-57(43)64-35-53-39-68-53)62(50-16-20-58(44(32-50)12-8-2)65-36-54-40-69-54)27-23-47(24-28-62)61(5,6)48-25-29-63(30-26-48,51-17-21-59(45(33-51)13-9-3)66-37-55-41-70-55)52-18-22-60(46(34-52)14-10-4)67-38-56-42-71-56/h7-10,15-22,31-34,47-48,53-56H,1-4,11-14,23-30,35-42H2,5-6H3. The van der Waals surface area contributed by atoms with Crippen LogP contribution in [0.5, 0.6) is 23.0 Å². The van der Waals surface area contributed by atoms with E-state index in [9.17, 15) is 0 Å². The van der Waals surface area contributed by atoms with Crippen LogP contribution in [0.3, 0.4) is 0 Å². The van der Waals surface area contributed by atoms with Crippen molar-refractivity contribution in [3.63, 3.8) is 0 Å². The van der Waals surface area contributed by atoms with Gasteiger partial charge in [0, 0.05) is 54.8 Å². The highest BCUT2D eigenvalue weighted by Gasteiger charge is 2.49. The maximum Gasteiger partial charge on any atom is 0.122 e. The summed E-state index contributed by atoms with van der Waals surface area (Å²) in [5, 5.41) is 2.48. The minimum absolute atomic E-state index is 0.122. The van der Waals surface area contributed by atoms with E-state index >= 15 is 0 Å². The lowest BCUT2D eigenvalue weighted by Crippen LogP contribution is -2.43. The Morgan fingerprint density at radius 2 is 0.676 bits per heavy atom. The van der Waals surface area contributed by atoms with Crippen molar-refractivity contribution in [3.8, 4) is 23.0 Å². The van der Waals surface area contributed by atoms with Crippen molar-refractivity contribution in [3.05, 3.63) is 168 Å². The second kappa shape index (κ2) is 22.5. The molecule has 0 spiro atoms. The van der Waals surface area contributed by atoms with E-state index in [0.717, 1.165) is 101 Å². The molecule has 4 heterocycles. The van der Waals surface area contributed by atoms with Crippen LogP contribution in [-0.2, 0) is 36.5 Å². The topological polar surface area (TPSA) is 36.9 Å². The van der Waals surface area contributed by atoms with Crippen molar-refractivity contribution >= 4 is 47.0 Å². The monoisotopic (exact) mass is 1020 g/mol. The summed E-state index contributed by atoms with van der Waals surface area (Å²) in [7, 11) is 0. The van der Waals surface area contributed by atoms with Crippen LogP contribution in [0.1, 0.15) is 110 Å². The zero-order valence-corrected chi connectivity index (χ0v) is 45.7. The summed E-state index contributed by atoms with van der Waals surface area (Å²) in [4.78, 5) is 0. The lowest BCUT2D eigenvalue weighted by Gasteiger charge is -2.52. The first-order chi connectivity index (χ1) is 34.6. The summed E-state index contributed by atoms with van der Waals surface area (Å²) in [6.45, 7) is 25.1. The SMILES string of the molecule is C=CCc1cc(C2(c3ccc(OCC4CS4)c(CC=C)c3)CCC(C(C)(C)C3CCC(c4ccc(OCC5CS5)c(CC=C)c4)(c4ccc(OCC5CS5)c(CC=C)c4)CC3)CC2)ccc1OCC1CS1. The number of hydrogen-bond acceptors (Lipinski definition) is 8. The average molecular weight is 1030 g/mol. The maximum atomic E-state index is 6.48. The van der Waals surface area contributed by atoms with Gasteiger partial charge in [-0.25, -0.2) is 0 Å². The number of ether oxygens (including phenoxy) is 4. The highest BCUT2D eigenvalue weighted by atomic mass is 32.2. The Morgan fingerprint density at radius 1 is 0.437 bits per heavy atom. The molecule has 6 aliphatic rings. The summed E-state index contributed by atoms with van der Waals surface area (Å²) in [5.41, 5.74) is 10.6. The molecule has 4 nitrogen and oxygen atoms in total. The van der Waals surface area contributed by atoms with Gasteiger partial charge in [-0.3, -0.25) is 0 Å². The normalized spacial score (nSPS) is 27.5. The molecule has 4 aliphatic heterocycles. The van der Waals surface area contributed by atoms with Crippen molar-refractivity contribution in [2.75, 3.05) is 49.4 Å². The largest absolute Gasteiger partial charge is 0.492 e. The Kier molecular flexibility index (Phi) is 16.1. The van der Waals surface area contributed by atoms with Gasteiger partial charge in [0.1, 0.15) is 49.4 Å². The first-order valence-corrected chi connectivity index (χ1v) is 30.8. The second-order valence-corrected chi connectivity index (χ2v) is 27.2. The van der Waals surface area contributed by atoms with Crippen LogP contribution in [0.4, 0.5) is 0 Å². The summed E-state index contributed by atoms with van der Waals surface area (Å²) < 4.78 is 25.9. The van der Waals surface area contributed by atoms with Crippen molar-refractivity contribution in [2.24, 2.45) is 17.3 Å². The van der Waals surface area contributed by atoms with Crippen LogP contribution in [-0.4, -0.2) is 70.4 Å². The molecule has 0 bridgehead atoms. The lowest BCUT2D eigenvalue weighted by molar-refractivity contribution is 0.0364. The molecule has 6 fully saturated rings. The van der Waals surface area contributed by atoms with Gasteiger partial charge in [0.25, 0.3) is 0 Å². The Balaban J connectivity index is 0.933. The smallest absolute Gasteiger partial charge is 0.122 e. The molecule has 2 aliphatic carbocycles. The van der Waals surface area contributed by atoms with Gasteiger partial charge in [-0.1, -0.05) is 86.7 Å². The Bertz CT molecular complexity index is 2210. The molecule has 0 N–H and O–H groups in total. The first kappa shape index (κ1) is 50.9. The molecule has 71 heavy (non-hydrogen) atoms. The molecule has 2 saturated carbocycles. The fraction of sp³-hybridized carbons (Fsp3) is 0.492. The summed E-state index contributed by atoms with van der Waals surface area (Å²) >= 11 is 7.95. The molecule has 4 aromatic rings. The number of thioether (sulfide) groups is 4. The van der Waals surface area contributed by atoms with E-state index in [0.29, 0.717) is 32.8 Å². The van der Waals surface area contributed by atoms with E-state index in [-0.39, 0.29) is 16.2 Å². The molecule has 4 aromatic carbocycles. The maximum absolute atomic E-state index is 6.48. The highest BCUT2D eigenvalue weighted by Crippen LogP contribution is 2.58. The molecule has 0 amide bonds. The fourth-order valence-corrected chi connectivity index (χ4v) is 13.8. The van der Waals surface area contributed by atoms with Crippen LogP contribution in [0.2, 0.25) is 0 Å². The van der Waals surface area contributed by atoms with Gasteiger partial charge >= 0.3 is 0 Å². The van der Waals surface area contributed by atoms with Gasteiger partial charge in [0.15, 0.2) is 0 Å². The Morgan fingerprint density at radius 3 is 0.887 bits per heavy atom. The van der Waals surface area contributed by atoms with Crippen molar-refractivity contribution in [2.45, 2.75) is 123 Å². The molecule has 8 heteroatoms. The average Bonchev–Trinajstić information content (AvgIpc) is 4.14. The van der Waals surface area contributed by atoms with Gasteiger partial charge in [-0.2, -0.15) is 47.0 Å². The Hall–Kier alpha value is -3.56.